The largest absolute Gasteiger partial charge is 0.478 e. The monoisotopic (exact) mass is 361 g/mol. The maximum Gasteiger partial charge on any atom is 0.336 e. The van der Waals surface area contributed by atoms with Gasteiger partial charge in [0.15, 0.2) is 0 Å². The van der Waals surface area contributed by atoms with Crippen LogP contribution in [-0.2, 0) is 15.5 Å². The summed E-state index contributed by atoms with van der Waals surface area (Å²) in [5.41, 5.74) is 0.141. The normalized spacial score (nSPS) is 17.9. The molecule has 1 aromatic carbocycles. The summed E-state index contributed by atoms with van der Waals surface area (Å²) in [6.07, 6.45) is 0. The number of nitrogens with zero attached hydrogens (tertiary/aromatic N) is 1. The highest BCUT2D eigenvalue weighted by Crippen LogP contribution is 2.20. The van der Waals surface area contributed by atoms with Gasteiger partial charge >= 0.3 is 5.97 Å². The van der Waals surface area contributed by atoms with Gasteiger partial charge in [0.25, 0.3) is 0 Å². The molecule has 0 saturated carbocycles. The first-order valence-corrected chi connectivity index (χ1v) is 8.40. The van der Waals surface area contributed by atoms with Crippen molar-refractivity contribution in [3.05, 3.63) is 28.2 Å². The molecular formula is C13H16BrNO4S. The summed E-state index contributed by atoms with van der Waals surface area (Å²) in [6, 6.07) is 4.80. The molecule has 1 heterocycles. The SMILES string of the molecule is O=C(O)c1cc(S(=O)CCN2CCOCC2)ccc1Br. The summed E-state index contributed by atoms with van der Waals surface area (Å²) in [5.74, 6) is -0.523. The van der Waals surface area contributed by atoms with Crippen LogP contribution >= 0.6 is 15.9 Å². The second-order valence-electron chi connectivity index (χ2n) is 4.45. The zero-order chi connectivity index (χ0) is 14.5. The molecule has 0 aromatic heterocycles. The highest BCUT2D eigenvalue weighted by Gasteiger charge is 2.15. The Morgan fingerprint density at radius 1 is 1.40 bits per heavy atom. The molecule has 0 aliphatic carbocycles. The molecule has 1 aliphatic heterocycles. The molecule has 7 heteroatoms. The Labute approximate surface area is 128 Å². The van der Waals surface area contributed by atoms with Crippen molar-refractivity contribution in [3.63, 3.8) is 0 Å². The minimum Gasteiger partial charge on any atom is -0.478 e. The van der Waals surface area contributed by atoms with E-state index in [1.807, 2.05) is 0 Å². The molecule has 0 radical (unpaired) electrons. The Kier molecular flexibility index (Phi) is 5.71. The van der Waals surface area contributed by atoms with Crippen molar-refractivity contribution in [1.82, 2.24) is 4.90 Å². The lowest BCUT2D eigenvalue weighted by Gasteiger charge is -2.26. The van der Waals surface area contributed by atoms with Crippen LogP contribution in [0.2, 0.25) is 0 Å². The zero-order valence-corrected chi connectivity index (χ0v) is 13.3. The van der Waals surface area contributed by atoms with E-state index in [2.05, 4.69) is 20.8 Å². The molecule has 1 aliphatic rings. The third-order valence-electron chi connectivity index (χ3n) is 3.13. The number of ether oxygens (including phenoxy) is 1. The van der Waals surface area contributed by atoms with Crippen LogP contribution in [0, 0.1) is 0 Å². The summed E-state index contributed by atoms with van der Waals surface area (Å²) in [5, 5.41) is 9.05. The molecule has 5 nitrogen and oxygen atoms in total. The number of hydrogen-bond acceptors (Lipinski definition) is 4. The minimum atomic E-state index is -1.19. The lowest BCUT2D eigenvalue weighted by atomic mass is 10.2. The highest BCUT2D eigenvalue weighted by molar-refractivity contribution is 9.10. The fraction of sp³-hybridized carbons (Fsp3) is 0.462. The third kappa shape index (κ3) is 4.12. The fourth-order valence-electron chi connectivity index (χ4n) is 1.96. The molecule has 2 rings (SSSR count). The molecule has 0 spiro atoms. The minimum absolute atomic E-state index is 0.141. The van der Waals surface area contributed by atoms with Crippen molar-refractivity contribution in [2.24, 2.45) is 0 Å². The standard InChI is InChI=1S/C13H16BrNO4S/c14-12-2-1-10(9-11(12)13(16)17)20(18)8-5-15-3-6-19-7-4-15/h1-2,9H,3-8H2,(H,16,17). The van der Waals surface area contributed by atoms with Crippen LogP contribution in [0.15, 0.2) is 27.6 Å². The van der Waals surface area contributed by atoms with Gasteiger partial charge in [0.2, 0.25) is 0 Å². The lowest BCUT2D eigenvalue weighted by Crippen LogP contribution is -2.38. The van der Waals surface area contributed by atoms with Crippen LogP contribution in [0.4, 0.5) is 0 Å². The summed E-state index contributed by atoms with van der Waals surface area (Å²) in [6.45, 7) is 3.88. The Morgan fingerprint density at radius 2 is 2.10 bits per heavy atom. The molecule has 20 heavy (non-hydrogen) atoms. The van der Waals surface area contributed by atoms with Gasteiger partial charge in [-0.2, -0.15) is 0 Å². The quantitative estimate of drug-likeness (QED) is 0.862. The van der Waals surface area contributed by atoms with Crippen LogP contribution in [0.1, 0.15) is 10.4 Å². The molecule has 110 valence electrons. The summed E-state index contributed by atoms with van der Waals surface area (Å²) >= 11 is 3.18. The average Bonchev–Trinajstić information content (AvgIpc) is 2.46. The summed E-state index contributed by atoms with van der Waals surface area (Å²) in [4.78, 5) is 13.8. The number of halogens is 1. The average molecular weight is 362 g/mol. The van der Waals surface area contributed by atoms with Gasteiger partial charge in [-0.25, -0.2) is 4.79 Å². The third-order valence-corrected chi connectivity index (χ3v) is 5.15. The summed E-state index contributed by atoms with van der Waals surface area (Å²) < 4.78 is 18.0. The maximum absolute atomic E-state index is 12.2. The van der Waals surface area contributed by atoms with E-state index in [1.165, 1.54) is 6.07 Å². The first-order valence-electron chi connectivity index (χ1n) is 6.29. The molecule has 0 amide bonds. The lowest BCUT2D eigenvalue weighted by molar-refractivity contribution is 0.0409. The van der Waals surface area contributed by atoms with Gasteiger partial charge in [-0.05, 0) is 34.1 Å². The van der Waals surface area contributed by atoms with E-state index < -0.39 is 16.8 Å². The predicted molar refractivity (Wildman–Crippen MR) is 79.6 cm³/mol. The number of carboxylic acids is 1. The van der Waals surface area contributed by atoms with Crippen molar-refractivity contribution in [2.45, 2.75) is 4.90 Å². The van der Waals surface area contributed by atoms with Crippen LogP contribution in [-0.4, -0.2) is 58.8 Å². The smallest absolute Gasteiger partial charge is 0.336 e. The Balaban J connectivity index is 1.98. The van der Waals surface area contributed by atoms with Gasteiger partial charge in [-0.15, -0.1) is 0 Å². The van der Waals surface area contributed by atoms with E-state index in [0.717, 1.165) is 19.6 Å². The second-order valence-corrected chi connectivity index (χ2v) is 6.88. The van der Waals surface area contributed by atoms with Crippen molar-refractivity contribution >= 4 is 32.7 Å². The van der Waals surface area contributed by atoms with Gasteiger partial charge in [0.05, 0.1) is 29.6 Å². The molecule has 1 unspecified atom stereocenters. The van der Waals surface area contributed by atoms with Gasteiger partial charge in [-0.1, -0.05) is 0 Å². The van der Waals surface area contributed by atoms with Gasteiger partial charge in [0, 0.05) is 34.8 Å². The molecule has 1 atom stereocenters. The number of morpholine rings is 1. The first-order chi connectivity index (χ1) is 9.58. The molecule has 0 bridgehead atoms. The van der Waals surface area contributed by atoms with E-state index in [9.17, 15) is 9.00 Å². The first kappa shape index (κ1) is 15.6. The molecule has 1 fully saturated rings. The Bertz CT molecular complexity index is 517. The topological polar surface area (TPSA) is 66.8 Å². The number of aromatic carboxylic acids is 1. The number of carboxylic acid groups (broad SMARTS) is 1. The van der Waals surface area contributed by atoms with Crippen molar-refractivity contribution in [1.29, 1.82) is 0 Å². The predicted octanol–water partition coefficient (Wildman–Crippen LogP) is 1.59. The second kappa shape index (κ2) is 7.31. The van der Waals surface area contributed by atoms with E-state index >= 15 is 0 Å². The molecule has 1 saturated heterocycles. The number of carbonyl (C=O) groups is 1. The van der Waals surface area contributed by atoms with Gasteiger partial charge < -0.3 is 9.84 Å². The van der Waals surface area contributed by atoms with Gasteiger partial charge in [0.1, 0.15) is 0 Å². The van der Waals surface area contributed by atoms with Crippen molar-refractivity contribution < 1.29 is 18.8 Å². The van der Waals surface area contributed by atoms with Crippen LogP contribution in [0.25, 0.3) is 0 Å². The number of benzene rings is 1. The highest BCUT2D eigenvalue weighted by atomic mass is 79.9. The van der Waals surface area contributed by atoms with E-state index in [-0.39, 0.29) is 5.56 Å². The molecule has 1 N–H and O–H groups in total. The number of rotatable bonds is 5. The molecule has 1 aromatic rings. The van der Waals surface area contributed by atoms with E-state index in [1.54, 1.807) is 12.1 Å². The van der Waals surface area contributed by atoms with Crippen molar-refractivity contribution in [2.75, 3.05) is 38.6 Å². The maximum atomic E-state index is 12.2. The molecular weight excluding hydrogens is 346 g/mol. The Hall–Kier alpha value is -0.760. The van der Waals surface area contributed by atoms with Crippen LogP contribution in [0.3, 0.4) is 0 Å². The number of hydrogen-bond donors (Lipinski definition) is 1. The van der Waals surface area contributed by atoms with Crippen LogP contribution < -0.4 is 0 Å². The summed E-state index contributed by atoms with van der Waals surface area (Å²) in [7, 11) is -1.19. The van der Waals surface area contributed by atoms with Crippen molar-refractivity contribution in [3.8, 4) is 0 Å². The van der Waals surface area contributed by atoms with Crippen LogP contribution in [0.5, 0.6) is 0 Å². The van der Waals surface area contributed by atoms with Gasteiger partial charge in [-0.3, -0.25) is 9.11 Å². The van der Waals surface area contributed by atoms with E-state index in [0.29, 0.717) is 28.3 Å². The Morgan fingerprint density at radius 3 is 2.75 bits per heavy atom. The van der Waals surface area contributed by atoms with E-state index in [4.69, 9.17) is 9.84 Å². The zero-order valence-electron chi connectivity index (χ0n) is 10.9. The fourth-order valence-corrected chi connectivity index (χ4v) is 3.51.